The van der Waals surface area contributed by atoms with Gasteiger partial charge in [-0.3, -0.25) is 4.79 Å². The molecule has 1 saturated carbocycles. The molecule has 1 aliphatic carbocycles. The second-order valence-electron chi connectivity index (χ2n) is 4.92. The van der Waals surface area contributed by atoms with Crippen molar-refractivity contribution in [2.24, 2.45) is 5.92 Å². The summed E-state index contributed by atoms with van der Waals surface area (Å²) in [4.78, 5) is 11.8. The summed E-state index contributed by atoms with van der Waals surface area (Å²) in [5.74, 6) is -1.03. The minimum Gasteiger partial charge on any atom is -0.391 e. The predicted molar refractivity (Wildman–Crippen MR) is 71.7 cm³/mol. The van der Waals surface area contributed by atoms with Crippen LogP contribution in [0, 0.1) is 11.7 Å². The van der Waals surface area contributed by atoms with Crippen molar-refractivity contribution < 1.29 is 14.3 Å². The van der Waals surface area contributed by atoms with Gasteiger partial charge in [-0.1, -0.05) is 30.5 Å². The molecular formula is C14H17ClFNO2. The number of carbonyl (C=O) groups excluding carboxylic acids is 1. The Kier molecular flexibility index (Phi) is 4.77. The van der Waals surface area contributed by atoms with Gasteiger partial charge in [-0.15, -0.1) is 0 Å². The third-order valence-corrected chi connectivity index (χ3v) is 3.90. The standard InChI is InChI=1S/C14H17ClFNO2/c15-11-7-3-6-10(13(11)16)14(19)17-8-12(18)9-4-1-2-5-9/h3,6-7,9,12,18H,1-2,4-5,8H2,(H,17,19). The number of hydrogen-bond donors (Lipinski definition) is 2. The van der Waals surface area contributed by atoms with E-state index in [2.05, 4.69) is 5.32 Å². The summed E-state index contributed by atoms with van der Waals surface area (Å²) in [6.45, 7) is 0.148. The molecule has 0 spiro atoms. The first-order chi connectivity index (χ1) is 9.09. The van der Waals surface area contributed by atoms with Crippen LogP contribution in [-0.2, 0) is 0 Å². The van der Waals surface area contributed by atoms with Gasteiger partial charge >= 0.3 is 0 Å². The first-order valence-corrected chi connectivity index (χ1v) is 6.87. The van der Waals surface area contributed by atoms with E-state index in [0.29, 0.717) is 0 Å². The predicted octanol–water partition coefficient (Wildman–Crippen LogP) is 2.76. The van der Waals surface area contributed by atoms with Crippen LogP contribution in [-0.4, -0.2) is 23.7 Å². The van der Waals surface area contributed by atoms with E-state index in [0.717, 1.165) is 25.7 Å². The molecular weight excluding hydrogens is 269 g/mol. The molecule has 1 unspecified atom stereocenters. The molecule has 1 amide bonds. The molecule has 0 saturated heterocycles. The van der Waals surface area contributed by atoms with E-state index < -0.39 is 17.8 Å². The lowest BCUT2D eigenvalue weighted by Crippen LogP contribution is -2.35. The Morgan fingerprint density at radius 2 is 2.16 bits per heavy atom. The van der Waals surface area contributed by atoms with Gasteiger partial charge in [0.2, 0.25) is 0 Å². The highest BCUT2D eigenvalue weighted by molar-refractivity contribution is 6.31. The van der Waals surface area contributed by atoms with Crippen molar-refractivity contribution in [3.8, 4) is 0 Å². The van der Waals surface area contributed by atoms with E-state index in [9.17, 15) is 14.3 Å². The normalized spacial score (nSPS) is 17.4. The second kappa shape index (κ2) is 6.35. The molecule has 19 heavy (non-hydrogen) atoms. The van der Waals surface area contributed by atoms with Gasteiger partial charge in [-0.2, -0.15) is 0 Å². The van der Waals surface area contributed by atoms with Crippen molar-refractivity contribution in [2.75, 3.05) is 6.54 Å². The van der Waals surface area contributed by atoms with Crippen LogP contribution in [0.5, 0.6) is 0 Å². The van der Waals surface area contributed by atoms with E-state index in [1.807, 2.05) is 0 Å². The molecule has 1 fully saturated rings. The topological polar surface area (TPSA) is 49.3 Å². The molecule has 3 nitrogen and oxygen atoms in total. The molecule has 1 aromatic carbocycles. The Labute approximate surface area is 116 Å². The van der Waals surface area contributed by atoms with Crippen LogP contribution in [0.3, 0.4) is 0 Å². The summed E-state index contributed by atoms with van der Waals surface area (Å²) in [6, 6.07) is 4.28. The molecule has 0 aliphatic heterocycles. The minimum absolute atomic E-state index is 0.0796. The van der Waals surface area contributed by atoms with E-state index in [1.54, 1.807) is 0 Å². The first-order valence-electron chi connectivity index (χ1n) is 6.50. The summed E-state index contributed by atoms with van der Waals surface area (Å²) >= 11 is 5.62. The van der Waals surface area contributed by atoms with Gasteiger partial charge in [0, 0.05) is 6.54 Å². The van der Waals surface area contributed by atoms with Crippen LogP contribution in [0.25, 0.3) is 0 Å². The Hall–Kier alpha value is -1.13. The quantitative estimate of drug-likeness (QED) is 0.894. The maximum atomic E-state index is 13.6. The molecule has 1 atom stereocenters. The van der Waals surface area contributed by atoms with Crippen LogP contribution in [0.2, 0.25) is 5.02 Å². The fourth-order valence-corrected chi connectivity index (χ4v) is 2.66. The average molecular weight is 286 g/mol. The van der Waals surface area contributed by atoms with Gasteiger partial charge in [-0.25, -0.2) is 4.39 Å². The van der Waals surface area contributed by atoms with Crippen LogP contribution in [0.15, 0.2) is 18.2 Å². The van der Waals surface area contributed by atoms with Crippen molar-refractivity contribution in [3.05, 3.63) is 34.6 Å². The Morgan fingerprint density at radius 3 is 2.84 bits per heavy atom. The van der Waals surface area contributed by atoms with Gasteiger partial charge in [0.1, 0.15) is 0 Å². The van der Waals surface area contributed by atoms with Gasteiger partial charge in [-0.05, 0) is 30.9 Å². The third-order valence-electron chi connectivity index (χ3n) is 3.61. The SMILES string of the molecule is O=C(NCC(O)C1CCCC1)c1cccc(Cl)c1F. The zero-order valence-electron chi connectivity index (χ0n) is 10.5. The fraction of sp³-hybridized carbons (Fsp3) is 0.500. The van der Waals surface area contributed by atoms with Gasteiger partial charge < -0.3 is 10.4 Å². The Morgan fingerprint density at radius 1 is 1.47 bits per heavy atom. The summed E-state index contributed by atoms with van der Waals surface area (Å²) < 4.78 is 13.6. The van der Waals surface area contributed by atoms with Gasteiger partial charge in [0.05, 0.1) is 16.7 Å². The summed E-state index contributed by atoms with van der Waals surface area (Å²) in [5.41, 5.74) is -0.0916. The zero-order valence-corrected chi connectivity index (χ0v) is 11.3. The number of aliphatic hydroxyl groups excluding tert-OH is 1. The smallest absolute Gasteiger partial charge is 0.254 e. The van der Waals surface area contributed by atoms with Crippen molar-refractivity contribution in [2.45, 2.75) is 31.8 Å². The first kappa shape index (κ1) is 14.3. The van der Waals surface area contributed by atoms with E-state index in [4.69, 9.17) is 11.6 Å². The van der Waals surface area contributed by atoms with Gasteiger partial charge in [0.25, 0.3) is 5.91 Å². The van der Waals surface area contributed by atoms with E-state index in [-0.39, 0.29) is 23.0 Å². The van der Waals surface area contributed by atoms with Crippen molar-refractivity contribution >= 4 is 17.5 Å². The van der Waals surface area contributed by atoms with Crippen molar-refractivity contribution in [1.82, 2.24) is 5.32 Å². The highest BCUT2D eigenvalue weighted by Gasteiger charge is 2.24. The maximum Gasteiger partial charge on any atom is 0.254 e. The van der Waals surface area contributed by atoms with Crippen molar-refractivity contribution in [1.29, 1.82) is 0 Å². The van der Waals surface area contributed by atoms with Crippen molar-refractivity contribution in [3.63, 3.8) is 0 Å². The van der Waals surface area contributed by atoms with E-state index >= 15 is 0 Å². The van der Waals surface area contributed by atoms with Crippen LogP contribution < -0.4 is 5.32 Å². The molecule has 5 heteroatoms. The molecule has 2 rings (SSSR count). The molecule has 0 aromatic heterocycles. The molecule has 2 N–H and O–H groups in total. The molecule has 0 heterocycles. The number of aliphatic hydroxyl groups is 1. The highest BCUT2D eigenvalue weighted by atomic mass is 35.5. The number of benzene rings is 1. The lowest BCUT2D eigenvalue weighted by atomic mass is 10.0. The molecule has 0 radical (unpaired) electrons. The molecule has 0 bridgehead atoms. The number of halogens is 2. The Balaban J connectivity index is 1.92. The number of rotatable bonds is 4. The fourth-order valence-electron chi connectivity index (χ4n) is 2.48. The lowest BCUT2D eigenvalue weighted by molar-refractivity contribution is 0.0837. The van der Waals surface area contributed by atoms with Crippen LogP contribution in [0.4, 0.5) is 4.39 Å². The zero-order chi connectivity index (χ0) is 13.8. The van der Waals surface area contributed by atoms with E-state index in [1.165, 1.54) is 18.2 Å². The average Bonchev–Trinajstić information content (AvgIpc) is 2.93. The Bertz CT molecular complexity index is 461. The summed E-state index contributed by atoms with van der Waals surface area (Å²) in [5, 5.41) is 12.4. The largest absolute Gasteiger partial charge is 0.391 e. The molecule has 1 aliphatic rings. The number of hydrogen-bond acceptors (Lipinski definition) is 2. The summed E-state index contributed by atoms with van der Waals surface area (Å²) in [7, 11) is 0. The number of carbonyl (C=O) groups is 1. The third kappa shape index (κ3) is 3.45. The number of nitrogens with one attached hydrogen (secondary N) is 1. The highest BCUT2D eigenvalue weighted by Crippen LogP contribution is 2.27. The minimum atomic E-state index is -0.725. The lowest BCUT2D eigenvalue weighted by Gasteiger charge is -2.18. The van der Waals surface area contributed by atoms with Crippen LogP contribution >= 0.6 is 11.6 Å². The second-order valence-corrected chi connectivity index (χ2v) is 5.33. The molecule has 1 aromatic rings. The molecule has 104 valence electrons. The van der Waals surface area contributed by atoms with Crippen LogP contribution in [0.1, 0.15) is 36.0 Å². The van der Waals surface area contributed by atoms with Gasteiger partial charge in [0.15, 0.2) is 5.82 Å². The summed E-state index contributed by atoms with van der Waals surface area (Å²) in [6.07, 6.45) is 3.66. The maximum absolute atomic E-state index is 13.6. The number of amides is 1. The monoisotopic (exact) mass is 285 g/mol.